The SMILES string of the molecule is CC1(C)c2ccccc2-c2cc3c(cc21)-c1c(-c2cccc(C4C=CC=C(C5C=C(c6ccccc6)NC(c6ccccc6)=N5)C4)c2)cccc1C31CCCCC1. The van der Waals surface area contributed by atoms with Gasteiger partial charge in [0.1, 0.15) is 5.84 Å². The molecule has 2 heteroatoms. The van der Waals surface area contributed by atoms with Crippen molar-refractivity contribution in [3.05, 3.63) is 208 Å². The lowest BCUT2D eigenvalue weighted by molar-refractivity contribution is 0.353. The summed E-state index contributed by atoms with van der Waals surface area (Å²) in [5.74, 6) is 1.18. The molecule has 2 nitrogen and oxygen atoms in total. The highest BCUT2D eigenvalue weighted by atomic mass is 15.0. The first-order chi connectivity index (χ1) is 28.0. The molecular weight excluding hydrogens is 689 g/mol. The average Bonchev–Trinajstić information content (AvgIpc) is 3.67. The third-order valence-electron chi connectivity index (χ3n) is 13.9. The van der Waals surface area contributed by atoms with Crippen LogP contribution in [0.15, 0.2) is 174 Å². The summed E-state index contributed by atoms with van der Waals surface area (Å²) in [6.07, 6.45) is 16.5. The predicted octanol–water partition coefficient (Wildman–Crippen LogP) is 13.3. The Kier molecular flexibility index (Phi) is 8.00. The number of aliphatic imine (C=N–C) groups is 1. The average molecular weight is 737 g/mol. The van der Waals surface area contributed by atoms with E-state index in [1.54, 1.807) is 11.1 Å². The van der Waals surface area contributed by atoms with Crippen molar-refractivity contribution in [3.8, 4) is 33.4 Å². The van der Waals surface area contributed by atoms with Crippen molar-refractivity contribution in [3.63, 3.8) is 0 Å². The number of rotatable bonds is 5. The fourth-order valence-electron chi connectivity index (χ4n) is 11.0. The van der Waals surface area contributed by atoms with E-state index in [1.807, 2.05) is 0 Å². The molecule has 1 saturated carbocycles. The van der Waals surface area contributed by atoms with Gasteiger partial charge in [-0.05, 0) is 110 Å². The van der Waals surface area contributed by atoms with Gasteiger partial charge in [0, 0.05) is 28.0 Å². The zero-order chi connectivity index (χ0) is 38.1. The van der Waals surface area contributed by atoms with E-state index in [0.29, 0.717) is 0 Å². The van der Waals surface area contributed by atoms with Gasteiger partial charge >= 0.3 is 0 Å². The second kappa shape index (κ2) is 13.3. The lowest BCUT2D eigenvalue weighted by Crippen LogP contribution is -2.30. The summed E-state index contributed by atoms with van der Waals surface area (Å²) in [6, 6.07) is 52.1. The number of fused-ring (bicyclic) bond motifs is 8. The van der Waals surface area contributed by atoms with Crippen LogP contribution in [0.3, 0.4) is 0 Å². The molecule has 1 heterocycles. The molecule has 57 heavy (non-hydrogen) atoms. The molecule has 5 aliphatic rings. The smallest absolute Gasteiger partial charge is 0.133 e. The van der Waals surface area contributed by atoms with Crippen LogP contribution in [0.4, 0.5) is 0 Å². The normalized spacial score (nSPS) is 20.7. The lowest BCUT2D eigenvalue weighted by Gasteiger charge is -2.36. The number of benzene rings is 6. The van der Waals surface area contributed by atoms with Gasteiger partial charge in [0.25, 0.3) is 0 Å². The van der Waals surface area contributed by atoms with Crippen LogP contribution in [0.25, 0.3) is 39.1 Å². The fraction of sp³-hybridized carbons (Fsp3) is 0.218. The minimum Gasteiger partial charge on any atom is -0.340 e. The maximum atomic E-state index is 5.32. The summed E-state index contributed by atoms with van der Waals surface area (Å²) < 4.78 is 0. The number of nitrogens with zero attached hydrogens (tertiary/aromatic N) is 1. The Hall–Kier alpha value is -5.99. The largest absolute Gasteiger partial charge is 0.340 e. The molecule has 1 N–H and O–H groups in total. The molecule has 2 atom stereocenters. The highest BCUT2D eigenvalue weighted by Gasteiger charge is 2.47. The Balaban J connectivity index is 0.973. The fourth-order valence-corrected chi connectivity index (χ4v) is 11.0. The second-order valence-electron chi connectivity index (χ2n) is 17.4. The maximum absolute atomic E-state index is 5.32. The van der Waals surface area contributed by atoms with Gasteiger partial charge in [-0.3, -0.25) is 4.99 Å². The number of allylic oxidation sites excluding steroid dienone is 3. The van der Waals surface area contributed by atoms with Crippen molar-refractivity contribution in [2.45, 2.75) is 75.2 Å². The van der Waals surface area contributed by atoms with Crippen LogP contribution in [0, 0.1) is 0 Å². The van der Waals surface area contributed by atoms with Crippen LogP contribution >= 0.6 is 0 Å². The summed E-state index contributed by atoms with van der Waals surface area (Å²) >= 11 is 0. The molecular formula is C55H48N2. The van der Waals surface area contributed by atoms with E-state index in [1.165, 1.54) is 93.3 Å². The molecule has 6 aromatic rings. The Morgan fingerprint density at radius 2 is 1.26 bits per heavy atom. The Morgan fingerprint density at radius 3 is 2.09 bits per heavy atom. The van der Waals surface area contributed by atoms with E-state index in [9.17, 15) is 0 Å². The Bertz CT molecular complexity index is 2630. The van der Waals surface area contributed by atoms with E-state index >= 15 is 0 Å². The van der Waals surface area contributed by atoms with Gasteiger partial charge in [0.15, 0.2) is 0 Å². The van der Waals surface area contributed by atoms with E-state index in [4.69, 9.17) is 4.99 Å². The van der Waals surface area contributed by atoms with Crippen LogP contribution in [-0.2, 0) is 10.8 Å². The van der Waals surface area contributed by atoms with Crippen molar-refractivity contribution < 1.29 is 0 Å². The topological polar surface area (TPSA) is 24.4 Å². The summed E-state index contributed by atoms with van der Waals surface area (Å²) in [4.78, 5) is 5.32. The number of amidine groups is 1. The van der Waals surface area contributed by atoms with Gasteiger partial charge in [0.05, 0.1) is 6.04 Å². The lowest BCUT2D eigenvalue weighted by atomic mass is 9.67. The molecule has 1 spiro atoms. The van der Waals surface area contributed by atoms with Crippen molar-refractivity contribution in [1.29, 1.82) is 0 Å². The van der Waals surface area contributed by atoms with Crippen molar-refractivity contribution >= 4 is 11.5 Å². The van der Waals surface area contributed by atoms with E-state index in [-0.39, 0.29) is 22.8 Å². The standard InChI is InChI=1S/C55H48N2/c1-54(2)46-27-11-10-25-43(46)44-33-49-45(34-48(44)54)52-42(26-16-28-47(52)55(49)29-12-5-13-30-55)40-23-14-21-38(31-40)39-22-15-24-41(32-39)51-35-50(36-17-6-3-7-18-36)56-53(57-51)37-19-8-4-9-20-37/h3-4,6-11,14-28,31,33-35,39,51H,5,12-13,29-30,32H2,1-2H3,(H,56,57). The first kappa shape index (κ1) is 34.3. The van der Waals surface area contributed by atoms with Gasteiger partial charge in [-0.25, -0.2) is 0 Å². The van der Waals surface area contributed by atoms with Crippen LogP contribution < -0.4 is 5.32 Å². The molecule has 278 valence electrons. The minimum absolute atomic E-state index is 0.0335. The maximum Gasteiger partial charge on any atom is 0.133 e. The number of nitrogens with one attached hydrogen (secondary N) is 1. The van der Waals surface area contributed by atoms with Crippen LogP contribution in [0.1, 0.15) is 97.2 Å². The highest BCUT2D eigenvalue weighted by Crippen LogP contribution is 2.61. The Labute approximate surface area is 337 Å². The Morgan fingerprint density at radius 1 is 0.579 bits per heavy atom. The van der Waals surface area contributed by atoms with Crippen LogP contribution in [-0.4, -0.2) is 11.9 Å². The number of hydrogen-bond donors (Lipinski definition) is 1. The summed E-state index contributed by atoms with van der Waals surface area (Å²) in [7, 11) is 0. The molecule has 11 rings (SSSR count). The van der Waals surface area contributed by atoms with Gasteiger partial charge in [0.2, 0.25) is 0 Å². The quantitative estimate of drug-likeness (QED) is 0.187. The molecule has 0 bridgehead atoms. The first-order valence-electron chi connectivity index (χ1n) is 21.1. The molecule has 4 aliphatic carbocycles. The third kappa shape index (κ3) is 5.48. The van der Waals surface area contributed by atoms with Gasteiger partial charge < -0.3 is 5.32 Å². The zero-order valence-corrected chi connectivity index (χ0v) is 32.9. The van der Waals surface area contributed by atoms with Crippen molar-refractivity contribution in [2.24, 2.45) is 4.99 Å². The summed E-state index contributed by atoms with van der Waals surface area (Å²) in [5, 5.41) is 3.66. The monoisotopic (exact) mass is 736 g/mol. The van der Waals surface area contributed by atoms with E-state index in [0.717, 1.165) is 23.5 Å². The highest BCUT2D eigenvalue weighted by molar-refractivity contribution is 6.05. The van der Waals surface area contributed by atoms with Crippen LogP contribution in [0.2, 0.25) is 0 Å². The summed E-state index contributed by atoms with van der Waals surface area (Å²) in [5.41, 5.74) is 20.7. The predicted molar refractivity (Wildman–Crippen MR) is 238 cm³/mol. The molecule has 0 amide bonds. The van der Waals surface area contributed by atoms with Crippen LogP contribution in [0.5, 0.6) is 0 Å². The van der Waals surface area contributed by atoms with Gasteiger partial charge in [-0.15, -0.1) is 0 Å². The third-order valence-corrected chi connectivity index (χ3v) is 13.9. The molecule has 1 fully saturated rings. The van der Waals surface area contributed by atoms with E-state index in [2.05, 4.69) is 183 Å². The molecule has 1 aliphatic heterocycles. The number of hydrogen-bond acceptors (Lipinski definition) is 2. The minimum atomic E-state index is -0.0509. The molecule has 2 unspecified atom stereocenters. The van der Waals surface area contributed by atoms with Gasteiger partial charge in [-0.1, -0.05) is 179 Å². The summed E-state index contributed by atoms with van der Waals surface area (Å²) in [6.45, 7) is 4.84. The van der Waals surface area contributed by atoms with Gasteiger partial charge in [-0.2, -0.15) is 0 Å². The molecule has 0 radical (unpaired) electrons. The second-order valence-corrected chi connectivity index (χ2v) is 17.4. The molecule has 0 saturated heterocycles. The molecule has 0 aromatic heterocycles. The van der Waals surface area contributed by atoms with E-state index < -0.39 is 0 Å². The van der Waals surface area contributed by atoms with Crippen molar-refractivity contribution in [2.75, 3.05) is 0 Å². The first-order valence-corrected chi connectivity index (χ1v) is 21.1. The van der Waals surface area contributed by atoms with Crippen molar-refractivity contribution in [1.82, 2.24) is 5.32 Å². The molecule has 6 aromatic carbocycles. The zero-order valence-electron chi connectivity index (χ0n) is 32.9.